The van der Waals surface area contributed by atoms with Gasteiger partial charge in [0.25, 0.3) is 0 Å². The summed E-state index contributed by atoms with van der Waals surface area (Å²) in [5.74, 6) is 1.50. The van der Waals surface area contributed by atoms with Crippen molar-refractivity contribution in [2.24, 2.45) is 0 Å². The number of ether oxygens (including phenoxy) is 2. The number of phenols is 1. The highest BCUT2D eigenvalue weighted by Gasteiger charge is 2.22. The molecule has 0 bridgehead atoms. The molecule has 1 rings (SSSR count). The molecule has 1 N–H and O–H groups in total. The van der Waals surface area contributed by atoms with Gasteiger partial charge in [-0.3, -0.25) is 0 Å². The van der Waals surface area contributed by atoms with Crippen molar-refractivity contribution < 1.29 is 14.6 Å². The number of phenolic OH excluding ortho intramolecular Hbond substituents is 1. The molecule has 0 spiro atoms. The third-order valence-corrected chi connectivity index (χ3v) is 2.79. The SMILES string of the molecule is CCCOc1cc(OCCC)c(O)c(C(C)(C)C)c1. The second kappa shape index (κ2) is 6.69. The van der Waals surface area contributed by atoms with Gasteiger partial charge in [0.05, 0.1) is 13.2 Å². The van der Waals surface area contributed by atoms with E-state index >= 15 is 0 Å². The zero-order valence-electron chi connectivity index (χ0n) is 12.7. The summed E-state index contributed by atoms with van der Waals surface area (Å²) >= 11 is 0. The molecule has 108 valence electrons. The van der Waals surface area contributed by atoms with Crippen LogP contribution in [0.3, 0.4) is 0 Å². The van der Waals surface area contributed by atoms with E-state index in [4.69, 9.17) is 9.47 Å². The molecular formula is C16H26O3. The molecule has 0 saturated carbocycles. The topological polar surface area (TPSA) is 38.7 Å². The molecule has 3 nitrogen and oxygen atoms in total. The summed E-state index contributed by atoms with van der Waals surface area (Å²) < 4.78 is 11.3. The molecule has 0 amide bonds. The summed E-state index contributed by atoms with van der Waals surface area (Å²) in [5, 5.41) is 10.3. The van der Waals surface area contributed by atoms with Crippen LogP contribution < -0.4 is 9.47 Å². The van der Waals surface area contributed by atoms with Gasteiger partial charge in [-0.1, -0.05) is 34.6 Å². The third-order valence-electron chi connectivity index (χ3n) is 2.79. The second-order valence-corrected chi connectivity index (χ2v) is 5.76. The van der Waals surface area contributed by atoms with Crippen molar-refractivity contribution in [2.75, 3.05) is 13.2 Å². The van der Waals surface area contributed by atoms with Crippen LogP contribution >= 0.6 is 0 Å². The molecule has 3 heteroatoms. The predicted molar refractivity (Wildman–Crippen MR) is 78.4 cm³/mol. The van der Waals surface area contributed by atoms with E-state index in [9.17, 15) is 5.11 Å². The highest BCUT2D eigenvalue weighted by Crippen LogP contribution is 2.41. The van der Waals surface area contributed by atoms with E-state index in [-0.39, 0.29) is 11.2 Å². The molecule has 0 saturated heterocycles. The summed E-state index contributed by atoms with van der Waals surface area (Å²) in [4.78, 5) is 0. The molecule has 0 fully saturated rings. The summed E-state index contributed by atoms with van der Waals surface area (Å²) in [6.45, 7) is 11.6. The van der Waals surface area contributed by atoms with Gasteiger partial charge in [-0.2, -0.15) is 0 Å². The predicted octanol–water partition coefficient (Wildman–Crippen LogP) is 4.27. The Morgan fingerprint density at radius 3 is 2.11 bits per heavy atom. The van der Waals surface area contributed by atoms with Crippen molar-refractivity contribution in [3.8, 4) is 17.2 Å². The van der Waals surface area contributed by atoms with Gasteiger partial charge in [0.15, 0.2) is 11.5 Å². The van der Waals surface area contributed by atoms with Gasteiger partial charge in [-0.15, -0.1) is 0 Å². The number of hydrogen-bond acceptors (Lipinski definition) is 3. The number of hydrogen-bond donors (Lipinski definition) is 1. The minimum Gasteiger partial charge on any atom is -0.504 e. The molecule has 1 aromatic rings. The lowest BCUT2D eigenvalue weighted by Gasteiger charge is -2.23. The van der Waals surface area contributed by atoms with Gasteiger partial charge < -0.3 is 14.6 Å². The molecule has 0 aliphatic carbocycles. The lowest BCUT2D eigenvalue weighted by atomic mass is 9.86. The Kier molecular flexibility index (Phi) is 5.52. The lowest BCUT2D eigenvalue weighted by molar-refractivity contribution is 0.285. The number of aromatic hydroxyl groups is 1. The standard InChI is InChI=1S/C16H26O3/c1-6-8-18-12-10-13(16(3,4)5)15(17)14(11-12)19-9-7-2/h10-11,17H,6-9H2,1-5H3. The van der Waals surface area contributed by atoms with E-state index in [0.29, 0.717) is 19.0 Å². The van der Waals surface area contributed by atoms with E-state index < -0.39 is 0 Å². The Morgan fingerprint density at radius 1 is 1.00 bits per heavy atom. The van der Waals surface area contributed by atoms with Gasteiger partial charge in [0.1, 0.15) is 5.75 Å². The fraction of sp³-hybridized carbons (Fsp3) is 0.625. The first-order valence-electron chi connectivity index (χ1n) is 7.03. The molecular weight excluding hydrogens is 240 g/mol. The number of benzene rings is 1. The minimum absolute atomic E-state index is 0.153. The van der Waals surface area contributed by atoms with Crippen LogP contribution in [-0.4, -0.2) is 18.3 Å². The molecule has 0 heterocycles. The maximum atomic E-state index is 10.3. The Hall–Kier alpha value is -1.38. The maximum absolute atomic E-state index is 10.3. The van der Waals surface area contributed by atoms with Crippen LogP contribution in [0.2, 0.25) is 0 Å². The van der Waals surface area contributed by atoms with Crippen LogP contribution in [0.4, 0.5) is 0 Å². The Bertz CT molecular complexity index is 405. The molecule has 0 aliphatic rings. The van der Waals surface area contributed by atoms with E-state index in [0.717, 1.165) is 24.2 Å². The van der Waals surface area contributed by atoms with E-state index in [1.165, 1.54) is 0 Å². The van der Waals surface area contributed by atoms with E-state index in [2.05, 4.69) is 27.7 Å². The molecule has 0 radical (unpaired) electrons. The van der Waals surface area contributed by atoms with Crippen molar-refractivity contribution in [3.05, 3.63) is 17.7 Å². The fourth-order valence-electron chi connectivity index (χ4n) is 1.78. The summed E-state index contributed by atoms with van der Waals surface area (Å²) in [7, 11) is 0. The zero-order valence-corrected chi connectivity index (χ0v) is 12.7. The Labute approximate surface area is 116 Å². The highest BCUT2D eigenvalue weighted by atomic mass is 16.5. The van der Waals surface area contributed by atoms with Gasteiger partial charge in [0.2, 0.25) is 0 Å². The average molecular weight is 266 g/mol. The third kappa shape index (κ3) is 4.34. The van der Waals surface area contributed by atoms with Crippen LogP contribution in [0.15, 0.2) is 12.1 Å². The highest BCUT2D eigenvalue weighted by molar-refractivity contribution is 5.53. The Morgan fingerprint density at radius 2 is 1.58 bits per heavy atom. The Balaban J connectivity index is 3.14. The van der Waals surface area contributed by atoms with E-state index in [1.807, 2.05) is 13.0 Å². The van der Waals surface area contributed by atoms with E-state index in [1.54, 1.807) is 6.07 Å². The molecule has 0 aliphatic heterocycles. The average Bonchev–Trinajstić information content (AvgIpc) is 2.34. The van der Waals surface area contributed by atoms with Gasteiger partial charge >= 0.3 is 0 Å². The summed E-state index contributed by atoms with van der Waals surface area (Å²) in [6.07, 6.45) is 1.86. The van der Waals surface area contributed by atoms with Crippen molar-refractivity contribution in [2.45, 2.75) is 52.9 Å². The van der Waals surface area contributed by atoms with Crippen LogP contribution in [0.1, 0.15) is 53.0 Å². The summed E-state index contributed by atoms with van der Waals surface area (Å²) in [6, 6.07) is 3.68. The van der Waals surface area contributed by atoms with Crippen molar-refractivity contribution in [3.63, 3.8) is 0 Å². The normalized spacial score (nSPS) is 11.4. The smallest absolute Gasteiger partial charge is 0.164 e. The van der Waals surface area contributed by atoms with Crippen molar-refractivity contribution in [1.82, 2.24) is 0 Å². The zero-order chi connectivity index (χ0) is 14.5. The van der Waals surface area contributed by atoms with Crippen LogP contribution in [0, 0.1) is 0 Å². The van der Waals surface area contributed by atoms with Crippen molar-refractivity contribution >= 4 is 0 Å². The van der Waals surface area contributed by atoms with Crippen LogP contribution in [0.5, 0.6) is 17.2 Å². The molecule has 19 heavy (non-hydrogen) atoms. The first-order valence-corrected chi connectivity index (χ1v) is 7.03. The second-order valence-electron chi connectivity index (χ2n) is 5.76. The van der Waals surface area contributed by atoms with Crippen molar-refractivity contribution in [1.29, 1.82) is 0 Å². The first kappa shape index (κ1) is 15.7. The number of rotatable bonds is 6. The quantitative estimate of drug-likeness (QED) is 0.835. The monoisotopic (exact) mass is 266 g/mol. The van der Waals surface area contributed by atoms with Gasteiger partial charge in [-0.05, 0) is 24.3 Å². The van der Waals surface area contributed by atoms with Crippen LogP contribution in [0.25, 0.3) is 0 Å². The lowest BCUT2D eigenvalue weighted by Crippen LogP contribution is -2.12. The fourth-order valence-corrected chi connectivity index (χ4v) is 1.78. The summed E-state index contributed by atoms with van der Waals surface area (Å²) in [5.41, 5.74) is 0.701. The molecule has 0 aromatic heterocycles. The van der Waals surface area contributed by atoms with Gasteiger partial charge in [0, 0.05) is 11.6 Å². The van der Waals surface area contributed by atoms with Gasteiger partial charge in [-0.25, -0.2) is 0 Å². The first-order chi connectivity index (χ1) is 8.90. The molecule has 1 aromatic carbocycles. The largest absolute Gasteiger partial charge is 0.504 e. The molecule has 0 atom stereocenters. The molecule has 0 unspecified atom stereocenters. The van der Waals surface area contributed by atoms with Crippen LogP contribution in [-0.2, 0) is 5.41 Å². The maximum Gasteiger partial charge on any atom is 0.164 e. The minimum atomic E-state index is -0.153.